The average molecular weight is 471 g/mol. The van der Waals surface area contributed by atoms with Crippen LogP contribution in [0.4, 0.5) is 0 Å². The smallest absolute Gasteiger partial charge is 0.0809 e. The van der Waals surface area contributed by atoms with Crippen molar-refractivity contribution in [3.63, 3.8) is 0 Å². The largest absolute Gasteiger partial charge is 0.168 e. The second-order valence-corrected chi connectivity index (χ2v) is 11.6. The van der Waals surface area contributed by atoms with E-state index in [1.807, 2.05) is 0 Å². The van der Waals surface area contributed by atoms with Gasteiger partial charge >= 0.3 is 67.4 Å². The van der Waals surface area contributed by atoms with Crippen LogP contribution in [0.25, 0.3) is 21.5 Å². The topological polar surface area (TPSA) is 0 Å². The first-order valence-corrected chi connectivity index (χ1v) is 13.4. The molecule has 0 aliphatic heterocycles. The molecule has 0 spiro atoms. The van der Waals surface area contributed by atoms with E-state index >= 15 is 0 Å². The van der Waals surface area contributed by atoms with Gasteiger partial charge in [-0.2, -0.15) is 35.0 Å². The number of benzene rings is 3. The van der Waals surface area contributed by atoms with Gasteiger partial charge in [-0.1, -0.05) is 12.1 Å². The van der Waals surface area contributed by atoms with E-state index in [1.54, 1.807) is 0 Å². The van der Waals surface area contributed by atoms with E-state index in [0.29, 0.717) is 0 Å². The van der Waals surface area contributed by atoms with E-state index < -0.39 is 0 Å². The van der Waals surface area contributed by atoms with E-state index in [-0.39, 0.29) is 31.0 Å². The van der Waals surface area contributed by atoms with Gasteiger partial charge in [-0.25, -0.2) is 0 Å². The van der Waals surface area contributed by atoms with Crippen molar-refractivity contribution in [2.24, 2.45) is 0 Å². The Labute approximate surface area is 197 Å². The summed E-state index contributed by atoms with van der Waals surface area (Å²) in [4.78, 5) is 0. The standard InChI is InChI=1S/2C9H7.C7H8Si.2ClH.Ti/c2*1-2-5-9-7-3-6-8(9)4-1;1-8-7-5-3-2-4-6-7;;;/h2*1-7H;2-6H,1H3;2*1H;/q2*-1;;;;+2. The monoisotopic (exact) mass is 470 g/mol. The molecule has 0 radical (unpaired) electrons. The van der Waals surface area contributed by atoms with E-state index in [0.717, 1.165) is 0 Å². The van der Waals surface area contributed by atoms with Crippen LogP contribution in [0.3, 0.4) is 0 Å². The summed E-state index contributed by atoms with van der Waals surface area (Å²) >= 11 is 2.31. The minimum absolute atomic E-state index is 0. The normalized spacial score (nSPS) is 9.21. The first-order chi connectivity index (χ1) is 13.2. The zero-order chi connectivity index (χ0) is 18.9. The summed E-state index contributed by atoms with van der Waals surface area (Å²) in [6.07, 6.45) is -0.212. The second-order valence-electron chi connectivity index (χ2n) is 6.30. The van der Waals surface area contributed by atoms with Gasteiger partial charge in [0.1, 0.15) is 0 Å². The SMILES string of the molecule is C[Si](=[Ti+2])c1ccccc1.Cl.Cl.c1ccc2[cH-]ccc2c1.c1ccc2[cH-]ccc2c1. The maximum Gasteiger partial charge on any atom is -0.0809 e. The van der Waals surface area contributed by atoms with Crippen LogP contribution in [0.5, 0.6) is 0 Å². The van der Waals surface area contributed by atoms with Crippen molar-refractivity contribution >= 4 is 57.7 Å². The van der Waals surface area contributed by atoms with Gasteiger partial charge < -0.3 is 0 Å². The van der Waals surface area contributed by atoms with Gasteiger partial charge in [0.2, 0.25) is 0 Å². The van der Waals surface area contributed by atoms with Gasteiger partial charge in [0.15, 0.2) is 0 Å². The van der Waals surface area contributed by atoms with Crippen LogP contribution in [-0.2, 0) is 19.2 Å². The molecular formula is C25H24Cl2SiTi. The first-order valence-electron chi connectivity index (χ1n) is 9.05. The molecule has 0 N–H and O–H groups in total. The van der Waals surface area contributed by atoms with Crippen molar-refractivity contribution in [1.82, 2.24) is 0 Å². The second kappa shape index (κ2) is 13.6. The zero-order valence-corrected chi connectivity index (χ0v) is 20.5. The van der Waals surface area contributed by atoms with E-state index in [1.165, 1.54) is 26.7 Å². The predicted octanol–water partition coefficient (Wildman–Crippen LogP) is 7.02. The van der Waals surface area contributed by atoms with Crippen molar-refractivity contribution in [3.05, 3.63) is 115 Å². The Morgan fingerprint density at radius 3 is 1.38 bits per heavy atom. The Bertz CT molecular complexity index is 987. The molecule has 0 fully saturated rings. The Kier molecular flexibility index (Phi) is 11.9. The molecule has 0 saturated heterocycles. The van der Waals surface area contributed by atoms with E-state index in [4.69, 9.17) is 0 Å². The van der Waals surface area contributed by atoms with Crippen molar-refractivity contribution in [2.75, 3.05) is 0 Å². The summed E-state index contributed by atoms with van der Waals surface area (Å²) < 4.78 is 0. The van der Waals surface area contributed by atoms with Gasteiger partial charge in [-0.15, -0.1) is 84.1 Å². The fourth-order valence-corrected chi connectivity index (χ4v) is 4.30. The minimum Gasteiger partial charge on any atom is -0.168 e. The zero-order valence-electron chi connectivity index (χ0n) is 16.3. The molecule has 0 aliphatic carbocycles. The molecule has 0 aliphatic rings. The summed E-state index contributed by atoms with van der Waals surface area (Å²) in [5.74, 6) is 0. The number of hydrogen-bond donors (Lipinski definition) is 0. The van der Waals surface area contributed by atoms with Crippen molar-refractivity contribution in [2.45, 2.75) is 6.55 Å². The van der Waals surface area contributed by atoms with Crippen LogP contribution in [0.1, 0.15) is 0 Å². The van der Waals surface area contributed by atoms with Gasteiger partial charge in [0.05, 0.1) is 0 Å². The molecule has 0 amide bonds. The summed E-state index contributed by atoms with van der Waals surface area (Å²) in [7, 11) is 0. The van der Waals surface area contributed by atoms with Gasteiger partial charge in [-0.3, -0.25) is 0 Å². The van der Waals surface area contributed by atoms with Gasteiger partial charge in [-0.05, 0) is 0 Å². The summed E-state index contributed by atoms with van der Waals surface area (Å²) in [5, 5.41) is 6.84. The number of rotatable bonds is 1. The maximum absolute atomic E-state index is 2.31. The Morgan fingerprint density at radius 1 is 0.586 bits per heavy atom. The molecule has 0 unspecified atom stereocenters. The molecule has 29 heavy (non-hydrogen) atoms. The third-order valence-corrected chi connectivity index (χ3v) is 6.85. The summed E-state index contributed by atoms with van der Waals surface area (Å²) in [6.45, 7) is 2.31. The molecule has 0 aromatic heterocycles. The third kappa shape index (κ3) is 7.97. The molecule has 0 nitrogen and oxygen atoms in total. The first kappa shape index (κ1) is 25.4. The molecule has 5 rings (SSSR count). The quantitative estimate of drug-likeness (QED) is 0.182. The Hall–Kier alpha value is -1.61. The van der Waals surface area contributed by atoms with Crippen molar-refractivity contribution < 1.29 is 19.2 Å². The molecule has 5 aromatic carbocycles. The Morgan fingerprint density at radius 2 is 1.00 bits per heavy atom. The molecule has 0 heterocycles. The molecule has 0 atom stereocenters. The van der Waals surface area contributed by atoms with Crippen LogP contribution in [0.2, 0.25) is 6.55 Å². The molecule has 4 heteroatoms. The fraction of sp³-hybridized carbons (Fsp3) is 0.0400. The third-order valence-electron chi connectivity index (χ3n) is 4.30. The van der Waals surface area contributed by atoms with Crippen LogP contribution >= 0.6 is 24.8 Å². The predicted molar refractivity (Wildman–Crippen MR) is 131 cm³/mol. The van der Waals surface area contributed by atoms with Gasteiger partial charge in [0, 0.05) is 0 Å². The van der Waals surface area contributed by atoms with Gasteiger partial charge in [0.25, 0.3) is 0 Å². The summed E-state index contributed by atoms with van der Waals surface area (Å²) in [5.41, 5.74) is 0. The van der Waals surface area contributed by atoms with Crippen molar-refractivity contribution in [1.29, 1.82) is 0 Å². The van der Waals surface area contributed by atoms with Crippen LogP contribution in [0.15, 0.2) is 115 Å². The Balaban J connectivity index is 0.000000210. The number of halogens is 2. The average Bonchev–Trinajstić information content (AvgIpc) is 3.39. The molecule has 5 aromatic rings. The van der Waals surface area contributed by atoms with Crippen molar-refractivity contribution in [3.8, 4) is 0 Å². The molecule has 0 bridgehead atoms. The van der Waals surface area contributed by atoms with Crippen LogP contribution < -0.4 is 5.19 Å². The van der Waals surface area contributed by atoms with Crippen LogP contribution in [-0.4, -0.2) is 6.19 Å². The number of fused-ring (bicyclic) bond motifs is 2. The minimum atomic E-state index is -0.212. The molecule has 0 saturated carbocycles. The maximum atomic E-state index is 2.31. The molecular weight excluding hydrogens is 447 g/mol. The fourth-order valence-electron chi connectivity index (χ4n) is 2.83. The summed E-state index contributed by atoms with van der Waals surface area (Å²) in [6, 6.07) is 40.0. The van der Waals surface area contributed by atoms with E-state index in [9.17, 15) is 0 Å². The van der Waals surface area contributed by atoms with E-state index in [2.05, 4.69) is 141 Å². The van der Waals surface area contributed by atoms with Crippen LogP contribution in [0, 0.1) is 0 Å². The number of hydrogen-bond acceptors (Lipinski definition) is 0. The molecule has 146 valence electrons.